The largest absolute Gasteiger partial charge is 0.466 e. The van der Waals surface area contributed by atoms with Gasteiger partial charge in [-0.05, 0) is 44.4 Å². The maximum Gasteiger partial charge on any atom is 0.410 e. The van der Waals surface area contributed by atoms with Gasteiger partial charge in [0.25, 0.3) is 5.91 Å². The summed E-state index contributed by atoms with van der Waals surface area (Å²) in [6, 6.07) is 6.89. The zero-order chi connectivity index (χ0) is 26.3. The minimum absolute atomic E-state index is 0.137. The summed E-state index contributed by atoms with van der Waals surface area (Å²) in [4.78, 5) is 53.2. The number of esters is 2. The molecule has 1 heterocycles. The van der Waals surface area contributed by atoms with E-state index in [4.69, 9.17) is 14.2 Å². The highest BCUT2D eigenvalue weighted by molar-refractivity contribution is 6.01. The van der Waals surface area contributed by atoms with Gasteiger partial charge >= 0.3 is 18.0 Å². The zero-order valence-electron chi connectivity index (χ0n) is 21.7. The van der Waals surface area contributed by atoms with E-state index in [1.807, 2.05) is 20.8 Å². The lowest BCUT2D eigenvalue weighted by atomic mass is 9.92. The Bertz CT molecular complexity index is 966. The van der Waals surface area contributed by atoms with E-state index in [-0.39, 0.29) is 35.5 Å². The van der Waals surface area contributed by atoms with Gasteiger partial charge in [0, 0.05) is 38.2 Å². The predicted molar refractivity (Wildman–Crippen MR) is 130 cm³/mol. The number of nitrogens with zero attached hydrogens (tertiary/aromatic N) is 2. The molecule has 0 bridgehead atoms. The van der Waals surface area contributed by atoms with Gasteiger partial charge in [0.15, 0.2) is 0 Å². The van der Waals surface area contributed by atoms with Crippen LogP contribution in [0.1, 0.15) is 50.5 Å². The van der Waals surface area contributed by atoms with E-state index in [0.717, 1.165) is 5.56 Å². The first-order chi connectivity index (χ1) is 16.4. The summed E-state index contributed by atoms with van der Waals surface area (Å²) < 4.78 is 15.2. The van der Waals surface area contributed by atoms with Gasteiger partial charge in [-0.3, -0.25) is 4.79 Å². The monoisotopic (exact) mass is 488 g/mol. The van der Waals surface area contributed by atoms with Crippen molar-refractivity contribution in [3.05, 3.63) is 46.5 Å². The van der Waals surface area contributed by atoms with Gasteiger partial charge in [-0.25, -0.2) is 14.4 Å². The molecule has 1 saturated heterocycles. The van der Waals surface area contributed by atoms with Crippen LogP contribution in [0, 0.1) is 5.92 Å². The number of benzene rings is 1. The van der Waals surface area contributed by atoms with Gasteiger partial charge < -0.3 is 24.0 Å². The number of rotatable bonds is 6. The third kappa shape index (κ3) is 7.56. The summed E-state index contributed by atoms with van der Waals surface area (Å²) in [5.41, 5.74) is 1.18. The van der Waals surface area contributed by atoms with Gasteiger partial charge in [0.2, 0.25) is 0 Å². The van der Waals surface area contributed by atoms with Gasteiger partial charge in [-0.2, -0.15) is 0 Å². The predicted octanol–water partition coefficient (Wildman–Crippen LogP) is 3.22. The van der Waals surface area contributed by atoms with Crippen LogP contribution in [0.5, 0.6) is 0 Å². The maximum atomic E-state index is 13.0. The number of carbonyl (C=O) groups excluding carboxylic acids is 4. The molecule has 0 atom stereocenters. The van der Waals surface area contributed by atoms with Crippen molar-refractivity contribution in [1.29, 1.82) is 0 Å². The average Bonchev–Trinajstić information content (AvgIpc) is 2.81. The van der Waals surface area contributed by atoms with Crippen LogP contribution in [-0.2, 0) is 30.2 Å². The fourth-order valence-electron chi connectivity index (χ4n) is 3.79. The topological polar surface area (TPSA) is 102 Å². The molecular formula is C26H36N2O7. The normalized spacial score (nSPS) is 14.9. The molecule has 0 spiro atoms. The van der Waals surface area contributed by atoms with Gasteiger partial charge in [-0.15, -0.1) is 0 Å². The Morgan fingerprint density at radius 1 is 0.857 bits per heavy atom. The van der Waals surface area contributed by atoms with Crippen molar-refractivity contribution in [2.45, 2.75) is 46.6 Å². The van der Waals surface area contributed by atoms with Gasteiger partial charge in [-0.1, -0.05) is 26.0 Å². The van der Waals surface area contributed by atoms with E-state index >= 15 is 0 Å². The van der Waals surface area contributed by atoms with Crippen molar-refractivity contribution >= 4 is 23.9 Å². The summed E-state index contributed by atoms with van der Waals surface area (Å²) in [5, 5.41) is 0. The Labute approximate surface area is 207 Å². The standard InChI is InChI=1S/C26H36N2O7/c1-17(2)21(24(31)34-7)20(23(30)33-6)16-18-8-10-19(11-9-18)22(29)27-12-14-28(15-13-27)25(32)35-26(3,4)5/h8-11,17H,12-16H2,1-7H3/b21-20-. The fraction of sp³-hybridized carbons (Fsp3) is 0.538. The highest BCUT2D eigenvalue weighted by atomic mass is 16.6. The average molecular weight is 489 g/mol. The van der Waals surface area contributed by atoms with Crippen molar-refractivity contribution in [1.82, 2.24) is 9.80 Å². The van der Waals surface area contributed by atoms with Crippen molar-refractivity contribution in [3.63, 3.8) is 0 Å². The molecule has 0 radical (unpaired) electrons. The molecule has 0 unspecified atom stereocenters. The summed E-state index contributed by atoms with van der Waals surface area (Å²) >= 11 is 0. The molecule has 2 amide bonds. The van der Waals surface area contributed by atoms with Crippen LogP contribution in [-0.4, -0.2) is 79.7 Å². The lowest BCUT2D eigenvalue weighted by molar-refractivity contribution is -0.139. The van der Waals surface area contributed by atoms with Crippen LogP contribution in [0.15, 0.2) is 35.4 Å². The number of methoxy groups -OCH3 is 2. The molecule has 0 aromatic heterocycles. The van der Waals surface area contributed by atoms with E-state index in [2.05, 4.69) is 0 Å². The van der Waals surface area contributed by atoms with E-state index in [0.29, 0.717) is 31.7 Å². The molecule has 9 heteroatoms. The van der Waals surface area contributed by atoms with Crippen molar-refractivity contribution in [2.24, 2.45) is 5.92 Å². The highest BCUT2D eigenvalue weighted by Gasteiger charge is 2.28. The molecule has 1 aliphatic rings. The maximum absolute atomic E-state index is 13.0. The van der Waals surface area contributed by atoms with Crippen molar-refractivity contribution in [2.75, 3.05) is 40.4 Å². The number of carbonyl (C=O) groups is 4. The molecule has 0 saturated carbocycles. The number of piperazine rings is 1. The van der Waals surface area contributed by atoms with E-state index in [9.17, 15) is 19.2 Å². The van der Waals surface area contributed by atoms with Crippen molar-refractivity contribution < 1.29 is 33.4 Å². The second-order valence-electron chi connectivity index (χ2n) is 9.66. The Morgan fingerprint density at radius 2 is 1.37 bits per heavy atom. The molecular weight excluding hydrogens is 452 g/mol. The van der Waals surface area contributed by atoms with Crippen LogP contribution in [0.3, 0.4) is 0 Å². The molecule has 1 aliphatic heterocycles. The summed E-state index contributed by atoms with van der Waals surface area (Å²) in [6.45, 7) is 10.7. The Balaban J connectivity index is 2.11. The Morgan fingerprint density at radius 3 is 1.83 bits per heavy atom. The van der Waals surface area contributed by atoms with Crippen LogP contribution in [0.2, 0.25) is 0 Å². The van der Waals surface area contributed by atoms with E-state index < -0.39 is 17.5 Å². The quantitative estimate of drug-likeness (QED) is 0.344. The lowest BCUT2D eigenvalue weighted by Crippen LogP contribution is -2.51. The molecule has 35 heavy (non-hydrogen) atoms. The van der Waals surface area contributed by atoms with E-state index in [1.165, 1.54) is 14.2 Å². The molecule has 9 nitrogen and oxygen atoms in total. The smallest absolute Gasteiger partial charge is 0.410 e. The van der Waals surface area contributed by atoms with Gasteiger partial charge in [0.05, 0.1) is 25.4 Å². The van der Waals surface area contributed by atoms with Gasteiger partial charge in [0.1, 0.15) is 5.60 Å². The summed E-state index contributed by atoms with van der Waals surface area (Å²) in [6.07, 6.45) is -0.214. The number of ether oxygens (including phenoxy) is 3. The second-order valence-corrected chi connectivity index (χ2v) is 9.66. The Hall–Kier alpha value is -3.36. The van der Waals surface area contributed by atoms with E-state index in [1.54, 1.807) is 47.9 Å². The fourth-order valence-corrected chi connectivity index (χ4v) is 3.79. The first-order valence-electron chi connectivity index (χ1n) is 11.6. The minimum Gasteiger partial charge on any atom is -0.466 e. The Kier molecular flexibility index (Phi) is 9.45. The first kappa shape index (κ1) is 27.9. The van der Waals surface area contributed by atoms with Crippen molar-refractivity contribution in [3.8, 4) is 0 Å². The molecule has 192 valence electrons. The SMILES string of the molecule is COC(=O)/C(Cc1ccc(C(=O)N2CCN(C(=O)OC(C)(C)C)CC2)cc1)=C(\C(=O)OC)C(C)C. The second kappa shape index (κ2) is 11.9. The van der Waals surface area contributed by atoms with Crippen LogP contribution in [0.4, 0.5) is 4.79 Å². The zero-order valence-corrected chi connectivity index (χ0v) is 21.7. The molecule has 1 fully saturated rings. The highest BCUT2D eigenvalue weighted by Crippen LogP contribution is 2.22. The molecule has 1 aromatic rings. The minimum atomic E-state index is -0.595. The number of hydrogen-bond acceptors (Lipinski definition) is 7. The molecule has 0 N–H and O–H groups in total. The molecule has 1 aromatic carbocycles. The third-order valence-corrected chi connectivity index (χ3v) is 5.54. The first-order valence-corrected chi connectivity index (χ1v) is 11.6. The number of hydrogen-bond donors (Lipinski definition) is 0. The molecule has 2 rings (SSSR count). The third-order valence-electron chi connectivity index (χ3n) is 5.54. The summed E-state index contributed by atoms with van der Waals surface area (Å²) in [5.74, 6) is -1.54. The van der Waals surface area contributed by atoms with Crippen LogP contribution in [0.25, 0.3) is 0 Å². The van der Waals surface area contributed by atoms with Crippen LogP contribution >= 0.6 is 0 Å². The summed E-state index contributed by atoms with van der Waals surface area (Å²) in [7, 11) is 2.54. The van der Waals surface area contributed by atoms with Crippen LogP contribution < -0.4 is 0 Å². The number of amides is 2. The molecule has 0 aliphatic carbocycles. The lowest BCUT2D eigenvalue weighted by Gasteiger charge is -2.35.